The highest BCUT2D eigenvalue weighted by atomic mass is 16.1. The Kier molecular flexibility index (Phi) is 3.04. The molecule has 0 aliphatic carbocycles. The molecule has 0 atom stereocenters. The van der Waals surface area contributed by atoms with Crippen LogP contribution in [0.15, 0.2) is 36.4 Å². The number of ketones is 1. The summed E-state index contributed by atoms with van der Waals surface area (Å²) in [5.74, 6) is 0.133. The van der Waals surface area contributed by atoms with Crippen LogP contribution in [0.5, 0.6) is 0 Å². The highest BCUT2D eigenvalue weighted by Crippen LogP contribution is 2.21. The van der Waals surface area contributed by atoms with Gasteiger partial charge in [0, 0.05) is 5.56 Å². The second kappa shape index (κ2) is 4.48. The average molecular weight is 212 g/mol. The highest BCUT2D eigenvalue weighted by Gasteiger charge is 2.04. The molecule has 1 heteroatoms. The Morgan fingerprint density at radius 1 is 1.19 bits per heavy atom. The minimum absolute atomic E-state index is 0.133. The molecule has 0 fully saturated rings. The first-order valence-corrected chi connectivity index (χ1v) is 5.75. The quantitative estimate of drug-likeness (QED) is 0.703. The monoisotopic (exact) mass is 212 g/mol. The lowest BCUT2D eigenvalue weighted by atomic mass is 9.98. The van der Waals surface area contributed by atoms with Gasteiger partial charge in [0.15, 0.2) is 5.78 Å². The van der Waals surface area contributed by atoms with Crippen LogP contribution < -0.4 is 0 Å². The Balaban J connectivity index is 2.63. The first kappa shape index (κ1) is 10.9. The van der Waals surface area contributed by atoms with Crippen LogP contribution in [0.25, 0.3) is 10.8 Å². The molecule has 0 aliphatic heterocycles. The van der Waals surface area contributed by atoms with E-state index in [0.29, 0.717) is 0 Å². The summed E-state index contributed by atoms with van der Waals surface area (Å²) in [5.41, 5.74) is 2.14. The number of hydrogen-bond acceptors (Lipinski definition) is 1. The molecule has 0 unspecified atom stereocenters. The summed E-state index contributed by atoms with van der Waals surface area (Å²) in [6, 6.07) is 12.3. The van der Waals surface area contributed by atoms with Gasteiger partial charge in [0.25, 0.3) is 0 Å². The Hall–Kier alpha value is -1.63. The SMILES string of the molecule is CCCc1cccc2ccc(C(C)=O)cc12. The van der Waals surface area contributed by atoms with Gasteiger partial charge in [0.2, 0.25) is 0 Å². The van der Waals surface area contributed by atoms with Crippen molar-refractivity contribution < 1.29 is 4.79 Å². The van der Waals surface area contributed by atoms with Crippen molar-refractivity contribution >= 4 is 16.6 Å². The Bertz CT molecular complexity index is 526. The first-order chi connectivity index (χ1) is 7.72. The molecule has 0 bridgehead atoms. The van der Waals surface area contributed by atoms with Gasteiger partial charge in [-0.2, -0.15) is 0 Å². The summed E-state index contributed by atoms with van der Waals surface area (Å²) in [6.07, 6.45) is 2.20. The molecule has 0 spiro atoms. The van der Waals surface area contributed by atoms with E-state index in [9.17, 15) is 4.79 Å². The molecule has 0 heterocycles. The van der Waals surface area contributed by atoms with Crippen LogP contribution in [0.4, 0.5) is 0 Å². The molecule has 2 aromatic carbocycles. The Morgan fingerprint density at radius 3 is 2.69 bits per heavy atom. The van der Waals surface area contributed by atoms with Crippen LogP contribution >= 0.6 is 0 Å². The van der Waals surface area contributed by atoms with Crippen molar-refractivity contribution in [3.05, 3.63) is 47.5 Å². The van der Waals surface area contributed by atoms with Crippen LogP contribution in [-0.4, -0.2) is 5.78 Å². The predicted molar refractivity (Wildman–Crippen MR) is 67.9 cm³/mol. The third-order valence-corrected chi connectivity index (χ3v) is 2.90. The smallest absolute Gasteiger partial charge is 0.159 e. The minimum atomic E-state index is 0.133. The summed E-state index contributed by atoms with van der Waals surface area (Å²) in [4.78, 5) is 11.4. The van der Waals surface area contributed by atoms with Gasteiger partial charge < -0.3 is 0 Å². The molecule has 16 heavy (non-hydrogen) atoms. The Morgan fingerprint density at radius 2 is 2.00 bits per heavy atom. The van der Waals surface area contributed by atoms with Crippen LogP contribution in [-0.2, 0) is 6.42 Å². The lowest BCUT2D eigenvalue weighted by molar-refractivity contribution is 0.101. The summed E-state index contributed by atoms with van der Waals surface area (Å²) in [6.45, 7) is 3.79. The summed E-state index contributed by atoms with van der Waals surface area (Å²) >= 11 is 0. The third kappa shape index (κ3) is 1.99. The molecule has 0 aliphatic rings. The van der Waals surface area contributed by atoms with Crippen molar-refractivity contribution in [3.63, 3.8) is 0 Å². The van der Waals surface area contributed by atoms with E-state index in [4.69, 9.17) is 0 Å². The molecule has 0 radical (unpaired) electrons. The Labute approximate surface area is 96.1 Å². The maximum Gasteiger partial charge on any atom is 0.159 e. The van der Waals surface area contributed by atoms with E-state index >= 15 is 0 Å². The maximum absolute atomic E-state index is 11.4. The average Bonchev–Trinajstić information content (AvgIpc) is 2.29. The van der Waals surface area contributed by atoms with Crippen LogP contribution in [0.1, 0.15) is 36.2 Å². The van der Waals surface area contributed by atoms with Crippen molar-refractivity contribution in [2.45, 2.75) is 26.7 Å². The summed E-state index contributed by atoms with van der Waals surface area (Å²) in [7, 11) is 0. The normalized spacial score (nSPS) is 10.6. The lowest BCUT2D eigenvalue weighted by Gasteiger charge is -2.06. The van der Waals surface area contributed by atoms with Gasteiger partial charge in [-0.25, -0.2) is 0 Å². The van der Waals surface area contributed by atoms with Crippen LogP contribution in [0.3, 0.4) is 0 Å². The zero-order chi connectivity index (χ0) is 11.5. The molecule has 0 N–H and O–H groups in total. The van der Waals surface area contributed by atoms with E-state index in [-0.39, 0.29) is 5.78 Å². The molecule has 0 saturated heterocycles. The first-order valence-electron chi connectivity index (χ1n) is 5.75. The van der Waals surface area contributed by atoms with Gasteiger partial charge in [-0.05, 0) is 35.7 Å². The molecule has 82 valence electrons. The van der Waals surface area contributed by atoms with E-state index in [0.717, 1.165) is 18.4 Å². The van der Waals surface area contributed by atoms with Gasteiger partial charge >= 0.3 is 0 Å². The summed E-state index contributed by atoms with van der Waals surface area (Å²) in [5, 5.41) is 2.44. The zero-order valence-corrected chi connectivity index (χ0v) is 9.79. The largest absolute Gasteiger partial charge is 0.295 e. The van der Waals surface area contributed by atoms with Crippen LogP contribution in [0.2, 0.25) is 0 Å². The molecule has 0 saturated carbocycles. The molecule has 2 rings (SSSR count). The van der Waals surface area contributed by atoms with E-state index in [1.165, 1.54) is 16.3 Å². The highest BCUT2D eigenvalue weighted by molar-refractivity contribution is 5.99. The second-order valence-electron chi connectivity index (χ2n) is 4.16. The van der Waals surface area contributed by atoms with Gasteiger partial charge in [0.05, 0.1) is 0 Å². The maximum atomic E-state index is 11.4. The standard InChI is InChI=1S/C15H16O/c1-3-5-12-6-4-7-13-8-9-14(11(2)16)10-15(12)13/h4,6-10H,3,5H2,1-2H3. The fraction of sp³-hybridized carbons (Fsp3) is 0.267. The lowest BCUT2D eigenvalue weighted by Crippen LogP contribution is -1.93. The minimum Gasteiger partial charge on any atom is -0.295 e. The number of carbonyl (C=O) groups excluding carboxylic acids is 1. The topological polar surface area (TPSA) is 17.1 Å². The van der Waals surface area contributed by atoms with Crippen molar-refractivity contribution in [1.82, 2.24) is 0 Å². The number of Topliss-reactive ketones (excluding diaryl/α,β-unsaturated/α-hetero) is 1. The molecule has 0 aromatic heterocycles. The van der Waals surface area contributed by atoms with Crippen LogP contribution in [0, 0.1) is 0 Å². The second-order valence-corrected chi connectivity index (χ2v) is 4.16. The zero-order valence-electron chi connectivity index (χ0n) is 9.79. The third-order valence-electron chi connectivity index (χ3n) is 2.90. The van der Waals surface area contributed by atoms with Crippen molar-refractivity contribution in [1.29, 1.82) is 0 Å². The van der Waals surface area contributed by atoms with E-state index in [1.807, 2.05) is 18.2 Å². The van der Waals surface area contributed by atoms with Gasteiger partial charge in [-0.15, -0.1) is 0 Å². The molecule has 0 amide bonds. The van der Waals surface area contributed by atoms with Crippen molar-refractivity contribution in [2.24, 2.45) is 0 Å². The molecular weight excluding hydrogens is 196 g/mol. The molecular formula is C15H16O. The summed E-state index contributed by atoms with van der Waals surface area (Å²) < 4.78 is 0. The predicted octanol–water partition coefficient (Wildman–Crippen LogP) is 3.99. The number of carbonyl (C=O) groups is 1. The van der Waals surface area contributed by atoms with Crippen molar-refractivity contribution in [2.75, 3.05) is 0 Å². The molecule has 1 nitrogen and oxygen atoms in total. The van der Waals surface area contributed by atoms with E-state index in [1.54, 1.807) is 6.92 Å². The van der Waals surface area contributed by atoms with E-state index in [2.05, 4.69) is 25.1 Å². The fourth-order valence-corrected chi connectivity index (χ4v) is 2.04. The number of rotatable bonds is 3. The number of aryl methyl sites for hydroxylation is 1. The van der Waals surface area contributed by atoms with E-state index < -0.39 is 0 Å². The number of fused-ring (bicyclic) bond motifs is 1. The van der Waals surface area contributed by atoms with Gasteiger partial charge in [-0.3, -0.25) is 4.79 Å². The molecule has 2 aromatic rings. The van der Waals surface area contributed by atoms with Crippen molar-refractivity contribution in [3.8, 4) is 0 Å². The van der Waals surface area contributed by atoms with Gasteiger partial charge in [-0.1, -0.05) is 43.7 Å². The number of benzene rings is 2. The van der Waals surface area contributed by atoms with Gasteiger partial charge in [0.1, 0.15) is 0 Å². The fourth-order valence-electron chi connectivity index (χ4n) is 2.04. The number of hydrogen-bond donors (Lipinski definition) is 0.